The van der Waals surface area contributed by atoms with Gasteiger partial charge in [-0.1, -0.05) is 22.9 Å². The lowest BCUT2D eigenvalue weighted by molar-refractivity contribution is 0.0996. The van der Waals surface area contributed by atoms with Crippen LogP contribution in [-0.4, -0.2) is 5.78 Å². The molecule has 2 rings (SSSR count). The summed E-state index contributed by atoms with van der Waals surface area (Å²) in [5.74, 6) is -0.270. The van der Waals surface area contributed by atoms with Gasteiger partial charge in [-0.25, -0.2) is 4.39 Å². The van der Waals surface area contributed by atoms with Crippen molar-refractivity contribution in [3.8, 4) is 0 Å². The van der Waals surface area contributed by atoms with Crippen molar-refractivity contribution in [3.05, 3.63) is 55.9 Å². The Morgan fingerprint density at radius 3 is 2.83 bits per heavy atom. The fourth-order valence-corrected chi connectivity index (χ4v) is 3.29. The van der Waals surface area contributed by atoms with Gasteiger partial charge in [0.05, 0.1) is 4.88 Å². The third-order valence-electron chi connectivity index (χ3n) is 2.67. The van der Waals surface area contributed by atoms with Gasteiger partial charge < -0.3 is 0 Å². The molecule has 1 aromatic carbocycles. The highest BCUT2D eigenvalue weighted by Crippen LogP contribution is 2.21. The van der Waals surface area contributed by atoms with Crippen molar-refractivity contribution < 1.29 is 9.18 Å². The summed E-state index contributed by atoms with van der Waals surface area (Å²) in [7, 11) is 0. The van der Waals surface area contributed by atoms with Crippen molar-refractivity contribution in [1.82, 2.24) is 0 Å². The van der Waals surface area contributed by atoms with E-state index in [0.717, 1.165) is 16.9 Å². The van der Waals surface area contributed by atoms with Gasteiger partial charge in [0, 0.05) is 10.9 Å². The molecule has 0 saturated heterocycles. The van der Waals surface area contributed by atoms with E-state index in [4.69, 9.17) is 0 Å². The van der Waals surface area contributed by atoms with Crippen LogP contribution in [0.1, 0.15) is 27.7 Å². The van der Waals surface area contributed by atoms with E-state index in [1.807, 2.05) is 18.4 Å². The molecule has 0 aliphatic heterocycles. The van der Waals surface area contributed by atoms with E-state index in [1.165, 1.54) is 23.5 Å². The number of benzene rings is 1. The van der Waals surface area contributed by atoms with Crippen LogP contribution in [0.4, 0.5) is 4.39 Å². The Morgan fingerprint density at radius 2 is 2.17 bits per heavy atom. The summed E-state index contributed by atoms with van der Waals surface area (Å²) >= 11 is 4.69. The molecule has 0 saturated carbocycles. The van der Waals surface area contributed by atoms with Crippen LogP contribution >= 0.6 is 27.3 Å². The predicted molar refractivity (Wildman–Crippen MR) is 75.8 cm³/mol. The lowest BCUT2D eigenvalue weighted by atomic mass is 10.1. The van der Waals surface area contributed by atoms with Crippen LogP contribution in [0.2, 0.25) is 0 Å². The zero-order valence-corrected chi connectivity index (χ0v) is 12.3. The Hall–Kier alpha value is -1.00. The number of carbonyl (C=O) groups excluding carboxylic acids is 1. The highest BCUT2D eigenvalue weighted by molar-refractivity contribution is 9.10. The minimum atomic E-state index is -0.325. The second-order valence-corrected chi connectivity index (χ2v) is 5.84. The number of hydrogen-bond acceptors (Lipinski definition) is 2. The monoisotopic (exact) mass is 326 g/mol. The highest BCUT2D eigenvalue weighted by atomic mass is 79.9. The number of Topliss-reactive ketones (excluding diaryl/α,β-unsaturated/α-hetero) is 1. The lowest BCUT2D eigenvalue weighted by Gasteiger charge is -2.03. The normalized spacial score (nSPS) is 10.6. The van der Waals surface area contributed by atoms with Gasteiger partial charge in [0.25, 0.3) is 0 Å². The minimum absolute atomic E-state index is 0.0550. The van der Waals surface area contributed by atoms with E-state index in [-0.39, 0.29) is 18.0 Å². The molecule has 1 aromatic heterocycles. The number of halogens is 2. The molecule has 0 atom stereocenters. The quantitative estimate of drug-likeness (QED) is 0.748. The van der Waals surface area contributed by atoms with Crippen LogP contribution in [0.25, 0.3) is 0 Å². The average Bonchev–Trinajstić information content (AvgIpc) is 2.75. The molecular formula is C14H12BrFOS. The Kier molecular flexibility index (Phi) is 4.30. The Morgan fingerprint density at radius 1 is 1.39 bits per heavy atom. The molecule has 1 heterocycles. The third kappa shape index (κ3) is 3.06. The maximum atomic E-state index is 13.2. The average molecular weight is 327 g/mol. The van der Waals surface area contributed by atoms with Gasteiger partial charge >= 0.3 is 0 Å². The summed E-state index contributed by atoms with van der Waals surface area (Å²) in [6, 6.07) is 6.54. The Bertz CT molecular complexity index is 557. The number of rotatable bonds is 4. The summed E-state index contributed by atoms with van der Waals surface area (Å²) in [6.45, 7) is 2.03. The second-order valence-electron chi connectivity index (χ2n) is 4.01. The van der Waals surface area contributed by atoms with Gasteiger partial charge in [-0.3, -0.25) is 4.79 Å². The molecule has 0 aliphatic rings. The second kappa shape index (κ2) is 5.76. The van der Waals surface area contributed by atoms with E-state index in [9.17, 15) is 9.18 Å². The van der Waals surface area contributed by atoms with Crippen LogP contribution < -0.4 is 0 Å². The number of aryl methyl sites for hydroxylation is 1. The molecule has 0 N–H and O–H groups in total. The standard InChI is InChI=1S/C14H12BrFOS/c1-2-10-3-4-18-14(10)13(17)7-9-5-11(15)8-12(16)6-9/h3-6,8H,2,7H2,1H3. The van der Waals surface area contributed by atoms with E-state index in [1.54, 1.807) is 6.07 Å². The van der Waals surface area contributed by atoms with E-state index in [0.29, 0.717) is 10.0 Å². The molecular weight excluding hydrogens is 315 g/mol. The predicted octanol–water partition coefficient (Wildman–Crippen LogP) is 4.64. The first-order valence-electron chi connectivity index (χ1n) is 5.64. The first kappa shape index (κ1) is 13.4. The van der Waals surface area contributed by atoms with Gasteiger partial charge in [0.15, 0.2) is 5.78 Å². The third-order valence-corrected chi connectivity index (χ3v) is 4.12. The SMILES string of the molecule is CCc1ccsc1C(=O)Cc1cc(F)cc(Br)c1. The lowest BCUT2D eigenvalue weighted by Crippen LogP contribution is -2.04. The molecule has 18 heavy (non-hydrogen) atoms. The van der Waals surface area contributed by atoms with Crippen molar-refractivity contribution in [2.75, 3.05) is 0 Å². The van der Waals surface area contributed by atoms with Crippen LogP contribution in [0.15, 0.2) is 34.1 Å². The molecule has 0 radical (unpaired) electrons. The maximum absolute atomic E-state index is 13.2. The van der Waals surface area contributed by atoms with Crippen LogP contribution in [0, 0.1) is 5.82 Å². The Labute approximate surface area is 118 Å². The summed E-state index contributed by atoms with van der Waals surface area (Å²) in [5, 5.41) is 1.92. The number of carbonyl (C=O) groups is 1. The van der Waals surface area contributed by atoms with Gasteiger partial charge in [0.2, 0.25) is 0 Å². The maximum Gasteiger partial charge on any atom is 0.177 e. The molecule has 0 aliphatic carbocycles. The van der Waals surface area contributed by atoms with E-state index >= 15 is 0 Å². The topological polar surface area (TPSA) is 17.1 Å². The molecule has 0 unspecified atom stereocenters. The van der Waals surface area contributed by atoms with Crippen LogP contribution in [0.5, 0.6) is 0 Å². The van der Waals surface area contributed by atoms with Crippen molar-refractivity contribution in [2.24, 2.45) is 0 Å². The molecule has 0 fully saturated rings. The summed E-state index contributed by atoms with van der Waals surface area (Å²) in [4.78, 5) is 12.9. The zero-order valence-electron chi connectivity index (χ0n) is 9.87. The Balaban J connectivity index is 2.21. The fraction of sp³-hybridized carbons (Fsp3) is 0.214. The molecule has 0 amide bonds. The number of thiophene rings is 1. The smallest absolute Gasteiger partial charge is 0.177 e. The summed E-state index contributed by atoms with van der Waals surface area (Å²) < 4.78 is 13.9. The van der Waals surface area contributed by atoms with E-state index < -0.39 is 0 Å². The van der Waals surface area contributed by atoms with Crippen molar-refractivity contribution in [2.45, 2.75) is 19.8 Å². The summed E-state index contributed by atoms with van der Waals surface area (Å²) in [6.07, 6.45) is 1.08. The highest BCUT2D eigenvalue weighted by Gasteiger charge is 2.13. The van der Waals surface area contributed by atoms with Gasteiger partial charge in [-0.05, 0) is 47.2 Å². The minimum Gasteiger partial charge on any atom is -0.293 e. The molecule has 0 bridgehead atoms. The van der Waals surface area contributed by atoms with Gasteiger partial charge in [0.1, 0.15) is 5.82 Å². The number of hydrogen-bond donors (Lipinski definition) is 0. The van der Waals surface area contributed by atoms with Gasteiger partial charge in [-0.15, -0.1) is 11.3 Å². The van der Waals surface area contributed by atoms with Crippen LogP contribution in [0.3, 0.4) is 0 Å². The van der Waals surface area contributed by atoms with Gasteiger partial charge in [-0.2, -0.15) is 0 Å². The molecule has 1 nitrogen and oxygen atoms in total. The van der Waals surface area contributed by atoms with Crippen LogP contribution in [-0.2, 0) is 12.8 Å². The molecule has 4 heteroatoms. The summed E-state index contributed by atoms with van der Waals surface area (Å²) in [5.41, 5.74) is 1.77. The molecule has 2 aromatic rings. The number of ketones is 1. The largest absolute Gasteiger partial charge is 0.293 e. The van der Waals surface area contributed by atoms with Crippen molar-refractivity contribution >= 4 is 33.0 Å². The first-order valence-corrected chi connectivity index (χ1v) is 7.32. The first-order chi connectivity index (χ1) is 8.60. The van der Waals surface area contributed by atoms with E-state index in [2.05, 4.69) is 15.9 Å². The van der Waals surface area contributed by atoms with Crippen molar-refractivity contribution in [1.29, 1.82) is 0 Å². The molecule has 94 valence electrons. The fourth-order valence-electron chi connectivity index (χ4n) is 1.84. The van der Waals surface area contributed by atoms with Crippen molar-refractivity contribution in [3.63, 3.8) is 0 Å². The molecule has 0 spiro atoms. The zero-order chi connectivity index (χ0) is 13.1.